The number of para-hydroxylation sites is 1. The molecule has 3 heteroatoms. The van der Waals surface area contributed by atoms with Gasteiger partial charge >= 0.3 is 0 Å². The molecule has 2 rings (SSSR count). The van der Waals surface area contributed by atoms with Gasteiger partial charge in [0.2, 0.25) is 0 Å². The number of aromatic nitrogens is 1. The van der Waals surface area contributed by atoms with Crippen molar-refractivity contribution in [1.82, 2.24) is 4.92 Å². The zero-order valence-electron chi connectivity index (χ0n) is 4.61. The molecular weight excluding hydrogens is 133 g/mol. The van der Waals surface area contributed by atoms with Crippen molar-refractivity contribution in [3.63, 3.8) is 0 Å². The van der Waals surface area contributed by atoms with E-state index < -0.39 is 0 Å². The maximum atomic E-state index is 4.91. The Morgan fingerprint density at radius 3 is 3.11 bits per heavy atom. The van der Waals surface area contributed by atoms with Crippen LogP contribution < -0.4 is 0 Å². The molecule has 0 fully saturated rings. The highest BCUT2D eigenvalue weighted by atomic mass is 31.0. The first-order valence-corrected chi connectivity index (χ1v) is 3.48. The van der Waals surface area contributed by atoms with Gasteiger partial charge in [-0.3, -0.25) is 0 Å². The lowest BCUT2D eigenvalue weighted by molar-refractivity contribution is 0.479. The minimum Gasteiger partial charge on any atom is -0.352 e. The number of hydrogen-bond acceptors (Lipinski definition) is 2. The van der Waals surface area contributed by atoms with E-state index in [9.17, 15) is 0 Å². The molecule has 0 N–H and O–H groups in total. The van der Waals surface area contributed by atoms with Gasteiger partial charge in [0, 0.05) is 0 Å². The second-order valence-corrected chi connectivity index (χ2v) is 2.59. The van der Waals surface area contributed by atoms with E-state index in [0.29, 0.717) is 0 Å². The Bertz CT molecular complexity index is 287. The third kappa shape index (κ3) is 0.718. The van der Waals surface area contributed by atoms with E-state index in [4.69, 9.17) is 4.52 Å². The standard InChI is InChI=1S/C6H4NOP/c1-2-4-6-5(3-1)8-7-9-6/h1-4H. The summed E-state index contributed by atoms with van der Waals surface area (Å²) in [7, 11) is 0.927. The summed E-state index contributed by atoms with van der Waals surface area (Å²) in [5.41, 5.74) is 0.888. The summed E-state index contributed by atoms with van der Waals surface area (Å²) in [4.78, 5) is 3.72. The molecule has 9 heavy (non-hydrogen) atoms. The van der Waals surface area contributed by atoms with Crippen LogP contribution in [0.3, 0.4) is 0 Å². The number of benzene rings is 1. The molecule has 2 aromatic rings. The van der Waals surface area contributed by atoms with Crippen LogP contribution >= 0.6 is 8.35 Å². The fourth-order valence-electron chi connectivity index (χ4n) is 0.725. The predicted octanol–water partition coefficient (Wildman–Crippen LogP) is 2.41. The van der Waals surface area contributed by atoms with Crippen molar-refractivity contribution in [2.45, 2.75) is 0 Å². The number of rotatable bonds is 0. The van der Waals surface area contributed by atoms with E-state index in [1.807, 2.05) is 24.3 Å². The first kappa shape index (κ1) is 4.95. The van der Waals surface area contributed by atoms with Gasteiger partial charge in [-0.15, -0.1) is 0 Å². The second-order valence-electron chi connectivity index (χ2n) is 1.74. The van der Waals surface area contributed by atoms with Crippen molar-refractivity contribution >= 4 is 19.1 Å². The highest BCUT2D eigenvalue weighted by Crippen LogP contribution is 2.19. The molecule has 0 aliphatic rings. The van der Waals surface area contributed by atoms with Crippen LogP contribution in [0.2, 0.25) is 0 Å². The molecular formula is C6H4NOP. The number of fused-ring (bicyclic) bond motifs is 1. The van der Waals surface area contributed by atoms with Gasteiger partial charge in [0.15, 0.2) is 5.58 Å². The molecule has 0 spiro atoms. The predicted molar refractivity (Wildman–Crippen MR) is 36.5 cm³/mol. The van der Waals surface area contributed by atoms with E-state index in [0.717, 1.165) is 19.1 Å². The summed E-state index contributed by atoms with van der Waals surface area (Å²) in [5, 5.41) is 1.15. The van der Waals surface area contributed by atoms with Crippen molar-refractivity contribution in [2.75, 3.05) is 0 Å². The van der Waals surface area contributed by atoms with E-state index in [-0.39, 0.29) is 0 Å². The first-order valence-electron chi connectivity index (χ1n) is 2.64. The largest absolute Gasteiger partial charge is 0.352 e. The normalized spacial score (nSPS) is 11.1. The van der Waals surface area contributed by atoms with Crippen molar-refractivity contribution in [3.05, 3.63) is 24.3 Å². The van der Waals surface area contributed by atoms with Gasteiger partial charge in [0.25, 0.3) is 0 Å². The fourth-order valence-corrected chi connectivity index (χ4v) is 1.31. The van der Waals surface area contributed by atoms with Crippen LogP contribution in [0, 0.1) is 0 Å². The summed E-state index contributed by atoms with van der Waals surface area (Å²) >= 11 is 0. The van der Waals surface area contributed by atoms with Gasteiger partial charge in [-0.2, -0.15) is 0 Å². The average Bonchev–Trinajstić information content (AvgIpc) is 2.33. The molecule has 0 aliphatic heterocycles. The number of nitrogens with zero attached hydrogens (tertiary/aromatic N) is 1. The van der Waals surface area contributed by atoms with Crippen LogP contribution in [-0.2, 0) is 0 Å². The molecule has 0 aliphatic carbocycles. The molecule has 0 amide bonds. The van der Waals surface area contributed by atoms with E-state index in [1.165, 1.54) is 0 Å². The summed E-state index contributed by atoms with van der Waals surface area (Å²) in [6.07, 6.45) is 0. The smallest absolute Gasteiger partial charge is 0.171 e. The van der Waals surface area contributed by atoms with Crippen molar-refractivity contribution in [3.8, 4) is 0 Å². The third-order valence-electron chi connectivity index (χ3n) is 1.15. The minimum atomic E-state index is 0.888. The second kappa shape index (κ2) is 1.82. The third-order valence-corrected chi connectivity index (χ3v) is 1.90. The Morgan fingerprint density at radius 1 is 1.33 bits per heavy atom. The summed E-state index contributed by atoms with van der Waals surface area (Å²) in [6, 6.07) is 7.84. The Labute approximate surface area is 53.6 Å². The molecule has 2 nitrogen and oxygen atoms in total. The summed E-state index contributed by atoms with van der Waals surface area (Å²) in [5.74, 6) is 0. The molecule has 1 aromatic carbocycles. The van der Waals surface area contributed by atoms with Gasteiger partial charge in [0.1, 0.15) is 0 Å². The van der Waals surface area contributed by atoms with Gasteiger partial charge in [0.05, 0.1) is 13.5 Å². The van der Waals surface area contributed by atoms with Gasteiger partial charge in [-0.1, -0.05) is 17.1 Å². The van der Waals surface area contributed by atoms with Crippen molar-refractivity contribution in [2.24, 2.45) is 0 Å². The maximum absolute atomic E-state index is 4.91. The first-order chi connectivity index (χ1) is 4.47. The van der Waals surface area contributed by atoms with Gasteiger partial charge < -0.3 is 4.52 Å². The van der Waals surface area contributed by atoms with Crippen molar-refractivity contribution in [1.29, 1.82) is 0 Å². The van der Waals surface area contributed by atoms with E-state index in [2.05, 4.69) is 4.92 Å². The zero-order chi connectivity index (χ0) is 6.10. The lowest BCUT2D eigenvalue weighted by atomic mass is 10.4. The highest BCUT2D eigenvalue weighted by molar-refractivity contribution is 7.32. The molecule has 1 aromatic heterocycles. The summed E-state index contributed by atoms with van der Waals surface area (Å²) < 4.78 is 4.91. The van der Waals surface area contributed by atoms with E-state index >= 15 is 0 Å². The lowest BCUT2D eigenvalue weighted by Gasteiger charge is -1.78. The Kier molecular flexibility index (Phi) is 0.998. The summed E-state index contributed by atoms with van der Waals surface area (Å²) in [6.45, 7) is 0. The Hall–Kier alpha value is -0.880. The van der Waals surface area contributed by atoms with Crippen LogP contribution in [0.4, 0.5) is 0 Å². The highest BCUT2D eigenvalue weighted by Gasteiger charge is 1.92. The molecule has 0 bridgehead atoms. The minimum absolute atomic E-state index is 0.888. The topological polar surface area (TPSA) is 26.0 Å². The van der Waals surface area contributed by atoms with Gasteiger partial charge in [-0.25, -0.2) is 0 Å². The quantitative estimate of drug-likeness (QED) is 0.557. The zero-order valence-corrected chi connectivity index (χ0v) is 5.51. The monoisotopic (exact) mass is 137 g/mol. The Balaban J connectivity index is 2.95. The fraction of sp³-hybridized carbons (Fsp3) is 0. The number of hydrogen-bond donors (Lipinski definition) is 0. The lowest BCUT2D eigenvalue weighted by Crippen LogP contribution is -1.56. The van der Waals surface area contributed by atoms with Gasteiger partial charge in [-0.05, 0) is 12.1 Å². The average molecular weight is 137 g/mol. The molecule has 0 saturated heterocycles. The molecule has 0 unspecified atom stereocenters. The van der Waals surface area contributed by atoms with Crippen LogP contribution in [-0.4, -0.2) is 4.92 Å². The SMILES string of the molecule is c1ccc2pnoc2c1. The molecule has 44 valence electrons. The molecule has 0 saturated carbocycles. The molecule has 0 atom stereocenters. The maximum Gasteiger partial charge on any atom is 0.171 e. The van der Waals surface area contributed by atoms with Crippen LogP contribution in [0.1, 0.15) is 0 Å². The Morgan fingerprint density at radius 2 is 2.22 bits per heavy atom. The van der Waals surface area contributed by atoms with E-state index in [1.54, 1.807) is 0 Å². The molecule has 0 radical (unpaired) electrons. The van der Waals surface area contributed by atoms with Crippen molar-refractivity contribution < 1.29 is 4.52 Å². The van der Waals surface area contributed by atoms with Crippen LogP contribution in [0.25, 0.3) is 10.7 Å². The molecule has 1 heterocycles. The van der Waals surface area contributed by atoms with Crippen LogP contribution in [0.15, 0.2) is 28.8 Å². The van der Waals surface area contributed by atoms with Crippen LogP contribution in [0.5, 0.6) is 0 Å².